The van der Waals surface area contributed by atoms with Crippen molar-refractivity contribution in [2.24, 2.45) is 0 Å². The third-order valence-corrected chi connectivity index (χ3v) is 3.94. The zero-order valence-corrected chi connectivity index (χ0v) is 11.4. The van der Waals surface area contributed by atoms with Crippen LogP contribution >= 0.6 is 23.4 Å². The Bertz CT molecular complexity index is 781. The van der Waals surface area contributed by atoms with E-state index in [4.69, 9.17) is 16.0 Å². The number of halogens is 1. The quantitative estimate of drug-likeness (QED) is 0.646. The molecule has 0 N–H and O–H groups in total. The summed E-state index contributed by atoms with van der Waals surface area (Å²) in [4.78, 5) is 13.5. The van der Waals surface area contributed by atoms with Crippen molar-refractivity contribution in [3.8, 4) is 0 Å². The molecule has 0 amide bonds. The maximum Gasteiger partial charge on any atom is 0.337 e. The Labute approximate surface area is 119 Å². The topological polar surface area (TPSA) is 30.2 Å². The van der Waals surface area contributed by atoms with E-state index in [0.29, 0.717) is 10.6 Å². The minimum absolute atomic E-state index is 0.353. The van der Waals surface area contributed by atoms with Crippen LogP contribution in [0.5, 0.6) is 0 Å². The van der Waals surface area contributed by atoms with Gasteiger partial charge in [-0.05, 0) is 30.3 Å². The lowest BCUT2D eigenvalue weighted by Gasteiger charge is -2.05. The van der Waals surface area contributed by atoms with E-state index < -0.39 is 0 Å². The van der Waals surface area contributed by atoms with Gasteiger partial charge in [-0.2, -0.15) is 0 Å². The molecule has 2 nitrogen and oxygen atoms in total. The summed E-state index contributed by atoms with van der Waals surface area (Å²) in [5.74, 6) is 0. The second kappa shape index (κ2) is 5.11. The number of hydrogen-bond acceptors (Lipinski definition) is 3. The van der Waals surface area contributed by atoms with Crippen LogP contribution < -0.4 is 5.63 Å². The summed E-state index contributed by atoms with van der Waals surface area (Å²) in [5.41, 5.74) is 0.198. The van der Waals surface area contributed by atoms with Gasteiger partial charge < -0.3 is 4.42 Å². The smallest absolute Gasteiger partial charge is 0.337 e. The van der Waals surface area contributed by atoms with Crippen LogP contribution in [-0.2, 0) is 0 Å². The van der Waals surface area contributed by atoms with E-state index in [2.05, 4.69) is 0 Å². The average molecular weight is 289 g/mol. The first-order valence-electron chi connectivity index (χ1n) is 5.69. The Morgan fingerprint density at radius 2 is 1.79 bits per heavy atom. The summed E-state index contributed by atoms with van der Waals surface area (Å²) in [6, 6.07) is 16.6. The van der Waals surface area contributed by atoms with Gasteiger partial charge in [0, 0.05) is 26.3 Å². The van der Waals surface area contributed by atoms with E-state index in [1.807, 2.05) is 36.4 Å². The second-order valence-corrected chi connectivity index (χ2v) is 5.54. The molecule has 0 aliphatic heterocycles. The monoisotopic (exact) mass is 288 g/mol. The van der Waals surface area contributed by atoms with Crippen molar-refractivity contribution < 1.29 is 4.42 Å². The van der Waals surface area contributed by atoms with Crippen LogP contribution in [-0.4, -0.2) is 0 Å². The fraction of sp³-hybridized carbons (Fsp3) is 0. The van der Waals surface area contributed by atoms with Crippen molar-refractivity contribution in [3.05, 3.63) is 70.0 Å². The lowest BCUT2D eigenvalue weighted by molar-refractivity contribution is 0.557. The van der Waals surface area contributed by atoms with Crippen LogP contribution in [0.25, 0.3) is 11.0 Å². The van der Waals surface area contributed by atoms with Crippen LogP contribution in [0.2, 0.25) is 5.02 Å². The van der Waals surface area contributed by atoms with E-state index in [1.165, 1.54) is 17.8 Å². The highest BCUT2D eigenvalue weighted by molar-refractivity contribution is 7.99. The molecule has 0 fully saturated rings. The Hall–Kier alpha value is -1.71. The Kier molecular flexibility index (Phi) is 3.32. The first kappa shape index (κ1) is 12.3. The van der Waals surface area contributed by atoms with Crippen LogP contribution in [0.3, 0.4) is 0 Å². The maximum atomic E-state index is 11.6. The normalized spacial score (nSPS) is 10.8. The zero-order chi connectivity index (χ0) is 13.2. The molecule has 0 saturated carbocycles. The van der Waals surface area contributed by atoms with Crippen molar-refractivity contribution in [2.45, 2.75) is 9.79 Å². The molecule has 0 spiro atoms. The summed E-state index contributed by atoms with van der Waals surface area (Å²) in [6.45, 7) is 0. The van der Waals surface area contributed by atoms with Crippen molar-refractivity contribution in [3.63, 3.8) is 0 Å². The van der Waals surface area contributed by atoms with Crippen LogP contribution in [0, 0.1) is 0 Å². The third-order valence-electron chi connectivity index (χ3n) is 2.64. The highest BCUT2D eigenvalue weighted by Crippen LogP contribution is 2.33. The van der Waals surface area contributed by atoms with Gasteiger partial charge in [0.1, 0.15) is 5.58 Å². The average Bonchev–Trinajstić information content (AvgIpc) is 2.41. The molecule has 1 aromatic heterocycles. The molecule has 0 saturated heterocycles. The summed E-state index contributed by atoms with van der Waals surface area (Å²) < 4.78 is 5.17. The molecular formula is C15H9ClO2S. The Morgan fingerprint density at radius 1 is 1.00 bits per heavy atom. The minimum atomic E-state index is -0.353. The minimum Gasteiger partial charge on any atom is -0.423 e. The van der Waals surface area contributed by atoms with Gasteiger partial charge >= 0.3 is 5.63 Å². The molecule has 0 unspecified atom stereocenters. The van der Waals surface area contributed by atoms with Crippen molar-refractivity contribution in [1.29, 1.82) is 0 Å². The molecule has 0 bridgehead atoms. The third kappa shape index (κ3) is 2.67. The summed E-state index contributed by atoms with van der Waals surface area (Å²) in [5, 5.41) is 1.47. The molecule has 0 aliphatic carbocycles. The Morgan fingerprint density at radius 3 is 2.58 bits per heavy atom. The largest absolute Gasteiger partial charge is 0.423 e. The summed E-state index contributed by atoms with van der Waals surface area (Å²) >= 11 is 7.53. The SMILES string of the molecule is O=c1cc(Sc2ccccc2)c2cc(Cl)ccc2o1. The fourth-order valence-electron chi connectivity index (χ4n) is 1.81. The lowest BCUT2D eigenvalue weighted by Crippen LogP contribution is -1.97. The summed E-state index contributed by atoms with van der Waals surface area (Å²) in [7, 11) is 0. The van der Waals surface area contributed by atoms with Gasteiger partial charge in [-0.15, -0.1) is 0 Å². The maximum absolute atomic E-state index is 11.6. The van der Waals surface area contributed by atoms with E-state index >= 15 is 0 Å². The predicted molar refractivity (Wildman–Crippen MR) is 78.1 cm³/mol. The first-order valence-corrected chi connectivity index (χ1v) is 6.88. The molecule has 19 heavy (non-hydrogen) atoms. The molecule has 1 heterocycles. The molecule has 2 aromatic carbocycles. The summed E-state index contributed by atoms with van der Waals surface area (Å²) in [6.07, 6.45) is 0. The van der Waals surface area contributed by atoms with Crippen molar-refractivity contribution in [2.75, 3.05) is 0 Å². The van der Waals surface area contributed by atoms with Gasteiger partial charge in [-0.25, -0.2) is 4.79 Å². The fourth-order valence-corrected chi connectivity index (χ4v) is 2.95. The predicted octanol–water partition coefficient (Wildman–Crippen LogP) is 4.60. The molecule has 0 radical (unpaired) electrons. The Balaban J connectivity index is 2.17. The number of hydrogen-bond donors (Lipinski definition) is 0. The van der Waals surface area contributed by atoms with Gasteiger partial charge in [-0.1, -0.05) is 41.6 Å². The van der Waals surface area contributed by atoms with Crippen LogP contribution in [0.4, 0.5) is 0 Å². The van der Waals surface area contributed by atoms with Crippen LogP contribution in [0.1, 0.15) is 0 Å². The van der Waals surface area contributed by atoms with Gasteiger partial charge in [-0.3, -0.25) is 0 Å². The molecule has 3 rings (SSSR count). The van der Waals surface area contributed by atoms with Gasteiger partial charge in [0.25, 0.3) is 0 Å². The van der Waals surface area contributed by atoms with Crippen molar-refractivity contribution in [1.82, 2.24) is 0 Å². The van der Waals surface area contributed by atoms with E-state index in [0.717, 1.165) is 15.2 Å². The standard InChI is InChI=1S/C15H9ClO2S/c16-10-6-7-13-12(8-10)14(9-15(17)18-13)19-11-4-2-1-3-5-11/h1-9H. The number of rotatable bonds is 2. The molecule has 4 heteroatoms. The molecule has 0 aliphatic rings. The van der Waals surface area contributed by atoms with Gasteiger partial charge in [0.2, 0.25) is 0 Å². The highest BCUT2D eigenvalue weighted by atomic mass is 35.5. The van der Waals surface area contributed by atoms with Crippen molar-refractivity contribution >= 4 is 34.3 Å². The first-order chi connectivity index (χ1) is 9.22. The lowest BCUT2D eigenvalue weighted by atomic mass is 10.2. The van der Waals surface area contributed by atoms with Gasteiger partial charge in [0.15, 0.2) is 0 Å². The zero-order valence-electron chi connectivity index (χ0n) is 9.80. The highest BCUT2D eigenvalue weighted by Gasteiger charge is 2.07. The molecule has 3 aromatic rings. The molecule has 0 atom stereocenters. The second-order valence-electron chi connectivity index (χ2n) is 3.99. The van der Waals surface area contributed by atoms with E-state index in [9.17, 15) is 4.79 Å². The van der Waals surface area contributed by atoms with E-state index in [-0.39, 0.29) is 5.63 Å². The van der Waals surface area contributed by atoms with Gasteiger partial charge in [0.05, 0.1) is 0 Å². The molecular weight excluding hydrogens is 280 g/mol. The number of fused-ring (bicyclic) bond motifs is 1. The van der Waals surface area contributed by atoms with E-state index in [1.54, 1.807) is 12.1 Å². The molecule has 94 valence electrons. The van der Waals surface area contributed by atoms with Crippen LogP contribution in [0.15, 0.2) is 73.6 Å². The number of benzene rings is 2.